The number of aliphatic hydroxyl groups is 1. The summed E-state index contributed by atoms with van der Waals surface area (Å²) in [6, 6.07) is 11.9. The summed E-state index contributed by atoms with van der Waals surface area (Å²) in [5.74, 6) is 0. The van der Waals surface area contributed by atoms with Gasteiger partial charge in [0.1, 0.15) is 0 Å². The van der Waals surface area contributed by atoms with Crippen molar-refractivity contribution in [2.45, 2.75) is 50.7 Å². The molecule has 1 aromatic carbocycles. The first-order valence-corrected chi connectivity index (χ1v) is 8.49. The predicted octanol–water partition coefficient (Wildman–Crippen LogP) is 2.50. The minimum Gasteiger partial charge on any atom is -0.395 e. The molecular formula is C18H28N2O. The topological polar surface area (TPSA) is 26.7 Å². The molecule has 0 bridgehead atoms. The fourth-order valence-electron chi connectivity index (χ4n) is 3.91. The van der Waals surface area contributed by atoms with E-state index in [0.717, 1.165) is 13.1 Å². The van der Waals surface area contributed by atoms with Crippen LogP contribution in [0.15, 0.2) is 30.3 Å². The van der Waals surface area contributed by atoms with Crippen LogP contribution in [0.5, 0.6) is 0 Å². The van der Waals surface area contributed by atoms with Crippen LogP contribution >= 0.6 is 0 Å². The molecule has 2 atom stereocenters. The molecule has 2 aliphatic heterocycles. The molecule has 1 aromatic rings. The van der Waals surface area contributed by atoms with Crippen LogP contribution in [0.2, 0.25) is 0 Å². The zero-order valence-electron chi connectivity index (χ0n) is 13.0. The minimum absolute atomic E-state index is 0.325. The molecule has 2 fully saturated rings. The van der Waals surface area contributed by atoms with Gasteiger partial charge in [-0.3, -0.25) is 9.80 Å². The molecule has 2 heterocycles. The van der Waals surface area contributed by atoms with E-state index in [0.29, 0.717) is 18.7 Å². The molecule has 21 heavy (non-hydrogen) atoms. The van der Waals surface area contributed by atoms with Crippen molar-refractivity contribution in [2.24, 2.45) is 0 Å². The number of nitrogens with zero attached hydrogens (tertiary/aromatic N) is 2. The van der Waals surface area contributed by atoms with Gasteiger partial charge in [-0.1, -0.05) is 36.8 Å². The van der Waals surface area contributed by atoms with Gasteiger partial charge in [-0.05, 0) is 44.3 Å². The number of aliphatic hydroxyl groups excluding tert-OH is 1. The minimum atomic E-state index is 0.325. The summed E-state index contributed by atoms with van der Waals surface area (Å²) in [6.45, 7) is 4.92. The van der Waals surface area contributed by atoms with Crippen LogP contribution in [0.3, 0.4) is 0 Å². The second-order valence-electron chi connectivity index (χ2n) is 6.58. The maximum Gasteiger partial charge on any atom is 0.0586 e. The van der Waals surface area contributed by atoms with Crippen molar-refractivity contribution in [1.29, 1.82) is 0 Å². The van der Waals surface area contributed by atoms with Gasteiger partial charge in [0.2, 0.25) is 0 Å². The lowest BCUT2D eigenvalue weighted by atomic mass is 10.00. The Kier molecular flexibility index (Phi) is 5.28. The summed E-state index contributed by atoms with van der Waals surface area (Å²) < 4.78 is 0. The molecule has 0 spiro atoms. The van der Waals surface area contributed by atoms with Gasteiger partial charge in [-0.15, -0.1) is 0 Å². The first-order valence-electron chi connectivity index (χ1n) is 8.49. The van der Waals surface area contributed by atoms with Crippen LogP contribution in [0.4, 0.5) is 0 Å². The third-order valence-corrected chi connectivity index (χ3v) is 5.13. The summed E-state index contributed by atoms with van der Waals surface area (Å²) in [4.78, 5) is 5.18. The second-order valence-corrected chi connectivity index (χ2v) is 6.58. The molecule has 0 amide bonds. The zero-order valence-corrected chi connectivity index (χ0v) is 13.0. The maximum atomic E-state index is 9.51. The van der Waals surface area contributed by atoms with Crippen LogP contribution in [0, 0.1) is 0 Å². The lowest BCUT2D eigenvalue weighted by molar-refractivity contribution is 0.0779. The zero-order chi connectivity index (χ0) is 14.5. The monoisotopic (exact) mass is 288 g/mol. The van der Waals surface area contributed by atoms with Gasteiger partial charge in [0.05, 0.1) is 6.61 Å². The van der Waals surface area contributed by atoms with E-state index < -0.39 is 0 Å². The van der Waals surface area contributed by atoms with Crippen molar-refractivity contribution >= 4 is 0 Å². The van der Waals surface area contributed by atoms with Crippen LogP contribution in [0.1, 0.15) is 37.7 Å². The number of rotatable bonds is 5. The van der Waals surface area contributed by atoms with Crippen LogP contribution in [-0.2, 0) is 6.54 Å². The van der Waals surface area contributed by atoms with E-state index in [1.54, 1.807) is 0 Å². The van der Waals surface area contributed by atoms with E-state index >= 15 is 0 Å². The van der Waals surface area contributed by atoms with Gasteiger partial charge in [0.25, 0.3) is 0 Å². The smallest absolute Gasteiger partial charge is 0.0586 e. The summed E-state index contributed by atoms with van der Waals surface area (Å²) in [6.07, 6.45) is 6.40. The van der Waals surface area contributed by atoms with Crippen LogP contribution in [-0.4, -0.2) is 53.2 Å². The van der Waals surface area contributed by atoms with Crippen LogP contribution in [0.25, 0.3) is 0 Å². The molecule has 3 rings (SSSR count). The highest BCUT2D eigenvalue weighted by atomic mass is 16.3. The average Bonchev–Trinajstić information content (AvgIpc) is 2.97. The van der Waals surface area contributed by atoms with Crippen molar-refractivity contribution in [3.63, 3.8) is 0 Å². The fourth-order valence-corrected chi connectivity index (χ4v) is 3.91. The lowest BCUT2D eigenvalue weighted by Gasteiger charge is -2.39. The molecule has 1 N–H and O–H groups in total. The highest BCUT2D eigenvalue weighted by Gasteiger charge is 2.29. The van der Waals surface area contributed by atoms with E-state index in [2.05, 4.69) is 40.1 Å². The molecule has 0 radical (unpaired) electrons. The lowest BCUT2D eigenvalue weighted by Crippen LogP contribution is -2.48. The second kappa shape index (κ2) is 7.39. The Hall–Kier alpha value is -0.900. The first kappa shape index (κ1) is 15.0. The highest BCUT2D eigenvalue weighted by Crippen LogP contribution is 2.24. The molecular weight excluding hydrogens is 260 g/mol. The van der Waals surface area contributed by atoms with Gasteiger partial charge >= 0.3 is 0 Å². The molecule has 116 valence electrons. The standard InChI is InChI=1S/C18H28N2O/c21-15-18-10-6-12-20(18)14-17-9-4-5-11-19(17)13-16-7-2-1-3-8-16/h1-3,7-8,17-18,21H,4-6,9-15H2/t17?,18-/m0/s1. The van der Waals surface area contributed by atoms with Crippen molar-refractivity contribution in [3.8, 4) is 0 Å². The Balaban J connectivity index is 1.61. The highest BCUT2D eigenvalue weighted by molar-refractivity contribution is 5.14. The first-order chi connectivity index (χ1) is 10.4. The van der Waals surface area contributed by atoms with Crippen LogP contribution < -0.4 is 0 Å². The van der Waals surface area contributed by atoms with Gasteiger partial charge in [-0.2, -0.15) is 0 Å². The summed E-state index contributed by atoms with van der Waals surface area (Å²) in [5, 5.41) is 9.51. The molecule has 2 aliphatic rings. The molecule has 3 heteroatoms. The third kappa shape index (κ3) is 3.85. The van der Waals surface area contributed by atoms with Gasteiger partial charge in [0, 0.05) is 25.2 Å². The van der Waals surface area contributed by atoms with E-state index in [9.17, 15) is 5.11 Å². The largest absolute Gasteiger partial charge is 0.395 e. The van der Waals surface area contributed by atoms with Gasteiger partial charge in [0.15, 0.2) is 0 Å². The number of piperidine rings is 1. The fraction of sp³-hybridized carbons (Fsp3) is 0.667. The van der Waals surface area contributed by atoms with E-state index in [1.165, 1.54) is 50.8 Å². The Bertz CT molecular complexity index is 422. The molecule has 2 saturated heterocycles. The van der Waals surface area contributed by atoms with E-state index in [4.69, 9.17) is 0 Å². The number of hydrogen-bond donors (Lipinski definition) is 1. The third-order valence-electron chi connectivity index (χ3n) is 5.13. The number of likely N-dealkylation sites (tertiary alicyclic amines) is 2. The average molecular weight is 288 g/mol. The summed E-state index contributed by atoms with van der Waals surface area (Å²) in [7, 11) is 0. The normalized spacial score (nSPS) is 28.0. The Morgan fingerprint density at radius 1 is 0.905 bits per heavy atom. The maximum absolute atomic E-state index is 9.51. The van der Waals surface area contributed by atoms with Gasteiger partial charge < -0.3 is 5.11 Å². The molecule has 0 aromatic heterocycles. The van der Waals surface area contributed by atoms with Crippen molar-refractivity contribution < 1.29 is 5.11 Å². The van der Waals surface area contributed by atoms with Gasteiger partial charge in [-0.25, -0.2) is 0 Å². The summed E-state index contributed by atoms with van der Waals surface area (Å²) >= 11 is 0. The van der Waals surface area contributed by atoms with E-state index in [1.807, 2.05) is 0 Å². The molecule has 0 aliphatic carbocycles. The SMILES string of the molecule is OC[C@@H]1CCCN1CC1CCCCN1Cc1ccccc1. The number of benzene rings is 1. The van der Waals surface area contributed by atoms with Crippen molar-refractivity contribution in [2.75, 3.05) is 26.2 Å². The Morgan fingerprint density at radius 2 is 1.67 bits per heavy atom. The van der Waals surface area contributed by atoms with Crippen molar-refractivity contribution in [3.05, 3.63) is 35.9 Å². The van der Waals surface area contributed by atoms with E-state index in [-0.39, 0.29) is 0 Å². The predicted molar refractivity (Wildman–Crippen MR) is 86.2 cm³/mol. The summed E-state index contributed by atoms with van der Waals surface area (Å²) in [5.41, 5.74) is 1.42. The Labute approximate surface area is 128 Å². The molecule has 0 saturated carbocycles. The van der Waals surface area contributed by atoms with Crippen molar-refractivity contribution in [1.82, 2.24) is 9.80 Å². The Morgan fingerprint density at radius 3 is 2.48 bits per heavy atom. The molecule has 3 nitrogen and oxygen atoms in total. The number of hydrogen-bond acceptors (Lipinski definition) is 3. The quantitative estimate of drug-likeness (QED) is 0.902. The molecule has 1 unspecified atom stereocenters.